The van der Waals surface area contributed by atoms with E-state index in [-0.39, 0.29) is 5.54 Å². The van der Waals surface area contributed by atoms with Crippen LogP contribution in [0.2, 0.25) is 0 Å². The number of rotatable bonds is 7. The van der Waals surface area contributed by atoms with Gasteiger partial charge in [-0.1, -0.05) is 44.5 Å². The van der Waals surface area contributed by atoms with Crippen LogP contribution in [0.1, 0.15) is 52.2 Å². The second kappa shape index (κ2) is 7.80. The highest BCUT2D eigenvalue weighted by Gasteiger charge is 2.09. The van der Waals surface area contributed by atoms with Crippen LogP contribution in [-0.2, 0) is 13.1 Å². The highest BCUT2D eigenvalue weighted by Crippen LogP contribution is 2.11. The maximum atomic E-state index is 3.55. The minimum Gasteiger partial charge on any atom is -0.308 e. The fourth-order valence-electron chi connectivity index (χ4n) is 2.24. The molecule has 0 fully saturated rings. The molecule has 1 aromatic carbocycles. The highest BCUT2D eigenvalue weighted by molar-refractivity contribution is 5.23. The number of benzene rings is 1. The summed E-state index contributed by atoms with van der Waals surface area (Å²) in [4.78, 5) is 2.42. The van der Waals surface area contributed by atoms with Gasteiger partial charge in [0.2, 0.25) is 0 Å². The Labute approximate surface area is 125 Å². The molecule has 0 saturated carbocycles. The standard InChI is InChI=1S/C18H32N2/c1-7-15(2)13-20(6)14-17-10-8-9-16(11-17)12-19-18(3,4)5/h8-11,15,19H,7,12-14H2,1-6H3. The molecule has 20 heavy (non-hydrogen) atoms. The Hall–Kier alpha value is -0.860. The third kappa shape index (κ3) is 7.06. The molecule has 2 heteroatoms. The van der Waals surface area contributed by atoms with Crippen LogP contribution in [0.25, 0.3) is 0 Å². The van der Waals surface area contributed by atoms with Crippen LogP contribution in [0, 0.1) is 5.92 Å². The smallest absolute Gasteiger partial charge is 0.0230 e. The maximum Gasteiger partial charge on any atom is 0.0230 e. The van der Waals surface area contributed by atoms with E-state index in [1.54, 1.807) is 0 Å². The first-order valence-electron chi connectivity index (χ1n) is 7.81. The average molecular weight is 276 g/mol. The average Bonchev–Trinajstić information content (AvgIpc) is 2.35. The monoisotopic (exact) mass is 276 g/mol. The number of nitrogens with zero attached hydrogens (tertiary/aromatic N) is 1. The molecule has 0 amide bonds. The Morgan fingerprint density at radius 1 is 1.20 bits per heavy atom. The summed E-state index contributed by atoms with van der Waals surface area (Å²) < 4.78 is 0. The number of hydrogen-bond donors (Lipinski definition) is 1. The van der Waals surface area contributed by atoms with Crippen molar-refractivity contribution in [2.24, 2.45) is 5.92 Å². The van der Waals surface area contributed by atoms with Gasteiger partial charge in [-0.05, 0) is 44.9 Å². The molecule has 0 aromatic heterocycles. The predicted molar refractivity (Wildman–Crippen MR) is 88.8 cm³/mol. The highest BCUT2D eigenvalue weighted by atomic mass is 15.1. The Morgan fingerprint density at radius 2 is 1.85 bits per heavy atom. The van der Waals surface area contributed by atoms with Crippen molar-refractivity contribution < 1.29 is 0 Å². The quantitative estimate of drug-likeness (QED) is 0.808. The zero-order chi connectivity index (χ0) is 15.2. The third-order valence-corrected chi connectivity index (χ3v) is 3.59. The van der Waals surface area contributed by atoms with E-state index in [9.17, 15) is 0 Å². The molecule has 0 saturated heterocycles. The van der Waals surface area contributed by atoms with Gasteiger partial charge in [-0.3, -0.25) is 0 Å². The van der Waals surface area contributed by atoms with Crippen LogP contribution >= 0.6 is 0 Å². The summed E-state index contributed by atoms with van der Waals surface area (Å²) in [6.07, 6.45) is 1.25. The van der Waals surface area contributed by atoms with Crippen molar-refractivity contribution in [1.82, 2.24) is 10.2 Å². The summed E-state index contributed by atoms with van der Waals surface area (Å²) in [6, 6.07) is 8.93. The van der Waals surface area contributed by atoms with E-state index < -0.39 is 0 Å². The zero-order valence-electron chi connectivity index (χ0n) is 14.2. The Balaban J connectivity index is 2.55. The molecule has 1 aromatic rings. The van der Waals surface area contributed by atoms with Crippen molar-refractivity contribution in [3.05, 3.63) is 35.4 Å². The van der Waals surface area contributed by atoms with Crippen LogP contribution < -0.4 is 5.32 Å². The lowest BCUT2D eigenvalue weighted by atomic mass is 10.1. The van der Waals surface area contributed by atoms with Crippen molar-refractivity contribution >= 4 is 0 Å². The molecule has 0 heterocycles. The SMILES string of the molecule is CCC(C)CN(C)Cc1cccc(CNC(C)(C)C)c1. The Morgan fingerprint density at radius 3 is 2.45 bits per heavy atom. The summed E-state index contributed by atoms with van der Waals surface area (Å²) in [5, 5.41) is 3.55. The number of nitrogens with one attached hydrogen (secondary N) is 1. The first-order valence-corrected chi connectivity index (χ1v) is 7.81. The topological polar surface area (TPSA) is 15.3 Å². The molecule has 1 atom stereocenters. The Bertz CT molecular complexity index is 393. The van der Waals surface area contributed by atoms with Gasteiger partial charge in [-0.15, -0.1) is 0 Å². The van der Waals surface area contributed by atoms with Crippen LogP contribution in [0.15, 0.2) is 24.3 Å². The van der Waals surface area contributed by atoms with Gasteiger partial charge in [0.05, 0.1) is 0 Å². The fourth-order valence-corrected chi connectivity index (χ4v) is 2.24. The second-order valence-corrected chi connectivity index (χ2v) is 7.13. The van der Waals surface area contributed by atoms with Gasteiger partial charge in [0.25, 0.3) is 0 Å². The van der Waals surface area contributed by atoms with Crippen molar-refractivity contribution in [2.75, 3.05) is 13.6 Å². The predicted octanol–water partition coefficient (Wildman–Crippen LogP) is 4.05. The summed E-state index contributed by atoms with van der Waals surface area (Å²) in [7, 11) is 2.21. The number of hydrogen-bond acceptors (Lipinski definition) is 2. The van der Waals surface area contributed by atoms with Crippen LogP contribution in [0.3, 0.4) is 0 Å². The van der Waals surface area contributed by atoms with Crippen LogP contribution in [-0.4, -0.2) is 24.0 Å². The van der Waals surface area contributed by atoms with Crippen LogP contribution in [0.4, 0.5) is 0 Å². The van der Waals surface area contributed by atoms with Gasteiger partial charge in [0.1, 0.15) is 0 Å². The van der Waals surface area contributed by atoms with E-state index in [0.717, 1.165) is 19.0 Å². The van der Waals surface area contributed by atoms with E-state index in [1.165, 1.54) is 24.1 Å². The van der Waals surface area contributed by atoms with E-state index in [2.05, 4.69) is 76.1 Å². The van der Waals surface area contributed by atoms with Gasteiger partial charge in [0, 0.05) is 25.2 Å². The van der Waals surface area contributed by atoms with Crippen molar-refractivity contribution in [2.45, 2.75) is 59.7 Å². The molecule has 1 unspecified atom stereocenters. The second-order valence-electron chi connectivity index (χ2n) is 7.13. The fraction of sp³-hybridized carbons (Fsp3) is 0.667. The molecule has 0 aliphatic heterocycles. The van der Waals surface area contributed by atoms with Gasteiger partial charge in [-0.25, -0.2) is 0 Å². The molecule has 0 spiro atoms. The molecule has 0 aliphatic rings. The Kier molecular flexibility index (Phi) is 6.70. The lowest BCUT2D eigenvalue weighted by Gasteiger charge is -2.22. The third-order valence-electron chi connectivity index (χ3n) is 3.59. The molecular formula is C18H32N2. The first kappa shape index (κ1) is 17.2. The molecule has 1 N–H and O–H groups in total. The zero-order valence-corrected chi connectivity index (χ0v) is 14.2. The van der Waals surface area contributed by atoms with E-state index in [1.807, 2.05) is 0 Å². The minimum atomic E-state index is 0.170. The largest absolute Gasteiger partial charge is 0.308 e. The molecule has 114 valence electrons. The van der Waals surface area contributed by atoms with Gasteiger partial charge >= 0.3 is 0 Å². The van der Waals surface area contributed by atoms with Gasteiger partial charge < -0.3 is 10.2 Å². The molecule has 2 nitrogen and oxygen atoms in total. The van der Waals surface area contributed by atoms with Crippen molar-refractivity contribution in [3.8, 4) is 0 Å². The van der Waals surface area contributed by atoms with Gasteiger partial charge in [0.15, 0.2) is 0 Å². The molecule has 0 aliphatic carbocycles. The van der Waals surface area contributed by atoms with Gasteiger partial charge in [-0.2, -0.15) is 0 Å². The lowest BCUT2D eigenvalue weighted by Crippen LogP contribution is -2.35. The van der Waals surface area contributed by atoms with Crippen LogP contribution in [0.5, 0.6) is 0 Å². The normalized spacial score (nSPS) is 13.8. The van der Waals surface area contributed by atoms with Crippen molar-refractivity contribution in [3.63, 3.8) is 0 Å². The maximum absolute atomic E-state index is 3.55. The summed E-state index contributed by atoms with van der Waals surface area (Å²) in [6.45, 7) is 14.3. The van der Waals surface area contributed by atoms with E-state index in [0.29, 0.717) is 0 Å². The molecular weight excluding hydrogens is 244 g/mol. The first-order chi connectivity index (χ1) is 9.30. The summed E-state index contributed by atoms with van der Waals surface area (Å²) >= 11 is 0. The molecule has 0 radical (unpaired) electrons. The summed E-state index contributed by atoms with van der Waals surface area (Å²) in [5.41, 5.74) is 2.95. The lowest BCUT2D eigenvalue weighted by molar-refractivity contribution is 0.275. The minimum absolute atomic E-state index is 0.170. The molecule has 0 bridgehead atoms. The van der Waals surface area contributed by atoms with E-state index >= 15 is 0 Å². The molecule has 1 rings (SSSR count). The van der Waals surface area contributed by atoms with Crippen molar-refractivity contribution in [1.29, 1.82) is 0 Å². The van der Waals surface area contributed by atoms with E-state index in [4.69, 9.17) is 0 Å². The summed E-state index contributed by atoms with van der Waals surface area (Å²) in [5.74, 6) is 0.769.